The topological polar surface area (TPSA) is 55.7 Å². The molecule has 19 heavy (non-hydrogen) atoms. The van der Waals surface area contributed by atoms with Gasteiger partial charge in [0.25, 0.3) is 0 Å². The van der Waals surface area contributed by atoms with Crippen LogP contribution in [0.5, 0.6) is 11.5 Å². The average molecular weight is 264 g/mol. The fourth-order valence-corrected chi connectivity index (χ4v) is 2.95. The zero-order valence-electron chi connectivity index (χ0n) is 11.9. The smallest absolute Gasteiger partial charge is 0.124 e. The van der Waals surface area contributed by atoms with Gasteiger partial charge in [-0.2, -0.15) is 0 Å². The van der Waals surface area contributed by atoms with Crippen molar-refractivity contribution in [2.45, 2.75) is 58.2 Å². The third kappa shape index (κ3) is 3.01. The summed E-state index contributed by atoms with van der Waals surface area (Å²) in [5, 5.41) is 22.1. The molecule has 0 radical (unpaired) electrons. The van der Waals surface area contributed by atoms with Crippen LogP contribution in [0, 0.1) is 0 Å². The molecule has 0 aliphatic carbocycles. The van der Waals surface area contributed by atoms with Crippen LogP contribution in [-0.4, -0.2) is 27.3 Å². The number of hydrogen-bond donors (Lipinski definition) is 3. The Kier molecular flexibility index (Phi) is 4.32. The van der Waals surface area contributed by atoms with Crippen molar-refractivity contribution in [3.8, 4) is 11.5 Å². The first-order valence-corrected chi connectivity index (χ1v) is 7.06. The Labute approximate surface area is 115 Å². The molecule has 4 heteroatoms. The SMILES string of the molecule is CC(NN1C(C)CCCC1C)c1c(O)cccc1O. The molecule has 3 atom stereocenters. The highest BCUT2D eigenvalue weighted by atomic mass is 16.3. The molecule has 0 amide bonds. The van der Waals surface area contributed by atoms with E-state index >= 15 is 0 Å². The van der Waals surface area contributed by atoms with E-state index in [1.807, 2.05) is 6.92 Å². The van der Waals surface area contributed by atoms with Crippen molar-refractivity contribution in [3.63, 3.8) is 0 Å². The van der Waals surface area contributed by atoms with Gasteiger partial charge in [0.05, 0.1) is 11.6 Å². The quantitative estimate of drug-likeness (QED) is 0.785. The Morgan fingerprint density at radius 3 is 2.21 bits per heavy atom. The molecule has 4 nitrogen and oxygen atoms in total. The number of phenols is 2. The van der Waals surface area contributed by atoms with E-state index in [2.05, 4.69) is 24.3 Å². The molecule has 0 bridgehead atoms. The van der Waals surface area contributed by atoms with E-state index < -0.39 is 0 Å². The highest BCUT2D eigenvalue weighted by Crippen LogP contribution is 2.33. The number of aromatic hydroxyl groups is 2. The maximum absolute atomic E-state index is 9.90. The number of nitrogens with one attached hydrogen (secondary N) is 1. The maximum Gasteiger partial charge on any atom is 0.124 e. The lowest BCUT2D eigenvalue weighted by atomic mass is 9.99. The predicted molar refractivity (Wildman–Crippen MR) is 75.9 cm³/mol. The number of phenolic OH excluding ortho intramolecular Hbond substituents is 2. The van der Waals surface area contributed by atoms with Gasteiger partial charge >= 0.3 is 0 Å². The number of hydrazine groups is 1. The molecule has 1 aromatic carbocycles. The van der Waals surface area contributed by atoms with Crippen LogP contribution < -0.4 is 5.43 Å². The van der Waals surface area contributed by atoms with Gasteiger partial charge < -0.3 is 10.2 Å². The Morgan fingerprint density at radius 2 is 1.68 bits per heavy atom. The summed E-state index contributed by atoms with van der Waals surface area (Å²) in [4.78, 5) is 0. The molecule has 2 rings (SSSR count). The molecular weight excluding hydrogens is 240 g/mol. The van der Waals surface area contributed by atoms with Crippen LogP contribution in [0.25, 0.3) is 0 Å². The fourth-order valence-electron chi connectivity index (χ4n) is 2.95. The van der Waals surface area contributed by atoms with Gasteiger partial charge in [-0.3, -0.25) is 0 Å². The highest BCUT2D eigenvalue weighted by Gasteiger charge is 2.27. The second kappa shape index (κ2) is 5.80. The molecule has 1 fully saturated rings. The van der Waals surface area contributed by atoms with Gasteiger partial charge in [0.2, 0.25) is 0 Å². The Balaban J connectivity index is 2.14. The predicted octanol–water partition coefficient (Wildman–Crippen LogP) is 2.93. The lowest BCUT2D eigenvalue weighted by molar-refractivity contribution is 0.0313. The van der Waals surface area contributed by atoms with Crippen molar-refractivity contribution in [2.24, 2.45) is 0 Å². The summed E-state index contributed by atoms with van der Waals surface area (Å²) in [6.45, 7) is 6.38. The van der Waals surface area contributed by atoms with Crippen LogP contribution in [0.3, 0.4) is 0 Å². The minimum atomic E-state index is -0.121. The van der Waals surface area contributed by atoms with E-state index in [4.69, 9.17) is 0 Å². The van der Waals surface area contributed by atoms with E-state index in [1.54, 1.807) is 18.2 Å². The Bertz CT molecular complexity index is 406. The van der Waals surface area contributed by atoms with E-state index in [0.717, 1.165) is 0 Å². The van der Waals surface area contributed by atoms with Crippen molar-refractivity contribution in [1.29, 1.82) is 0 Å². The molecule has 1 heterocycles. The molecule has 1 aromatic rings. The molecular formula is C15H24N2O2. The minimum Gasteiger partial charge on any atom is -0.507 e. The zero-order valence-corrected chi connectivity index (χ0v) is 11.9. The second-order valence-electron chi connectivity index (χ2n) is 5.60. The maximum atomic E-state index is 9.90. The van der Waals surface area contributed by atoms with Crippen LogP contribution in [-0.2, 0) is 0 Å². The normalized spacial score (nSPS) is 26.3. The van der Waals surface area contributed by atoms with Crippen LogP contribution in [0.2, 0.25) is 0 Å². The van der Waals surface area contributed by atoms with Crippen molar-refractivity contribution in [1.82, 2.24) is 10.4 Å². The van der Waals surface area contributed by atoms with Crippen LogP contribution in [0.15, 0.2) is 18.2 Å². The number of nitrogens with zero attached hydrogens (tertiary/aromatic N) is 1. The van der Waals surface area contributed by atoms with E-state index in [0.29, 0.717) is 17.6 Å². The first-order chi connectivity index (χ1) is 9.00. The summed E-state index contributed by atoms with van der Waals surface area (Å²) < 4.78 is 0. The van der Waals surface area contributed by atoms with E-state index in [9.17, 15) is 10.2 Å². The fraction of sp³-hybridized carbons (Fsp3) is 0.600. The first kappa shape index (κ1) is 14.2. The number of benzene rings is 1. The largest absolute Gasteiger partial charge is 0.507 e. The molecule has 106 valence electrons. The molecule has 1 aliphatic rings. The molecule has 1 aliphatic heterocycles. The third-order valence-corrected chi connectivity index (χ3v) is 4.03. The van der Waals surface area contributed by atoms with E-state index in [1.165, 1.54) is 19.3 Å². The summed E-state index contributed by atoms with van der Waals surface area (Å²) in [7, 11) is 0. The van der Waals surface area contributed by atoms with Crippen molar-refractivity contribution in [3.05, 3.63) is 23.8 Å². The van der Waals surface area contributed by atoms with Gasteiger partial charge in [-0.1, -0.05) is 12.5 Å². The van der Waals surface area contributed by atoms with Crippen molar-refractivity contribution >= 4 is 0 Å². The van der Waals surface area contributed by atoms with Gasteiger partial charge in [-0.05, 0) is 45.7 Å². The average Bonchev–Trinajstić information content (AvgIpc) is 2.34. The van der Waals surface area contributed by atoms with Gasteiger partial charge in [0, 0.05) is 12.1 Å². The number of rotatable bonds is 3. The minimum absolute atomic E-state index is 0.121. The first-order valence-electron chi connectivity index (χ1n) is 7.06. The summed E-state index contributed by atoms with van der Waals surface area (Å²) in [5.74, 6) is 0.273. The van der Waals surface area contributed by atoms with Crippen molar-refractivity contribution in [2.75, 3.05) is 0 Å². The summed E-state index contributed by atoms with van der Waals surface area (Å²) >= 11 is 0. The second-order valence-corrected chi connectivity index (χ2v) is 5.60. The highest BCUT2D eigenvalue weighted by molar-refractivity contribution is 5.44. The Hall–Kier alpha value is -1.26. The van der Waals surface area contributed by atoms with Gasteiger partial charge in [0.15, 0.2) is 0 Å². The third-order valence-electron chi connectivity index (χ3n) is 4.03. The summed E-state index contributed by atoms with van der Waals surface area (Å²) in [5.41, 5.74) is 3.99. The van der Waals surface area contributed by atoms with Crippen LogP contribution in [0.1, 0.15) is 51.6 Å². The zero-order chi connectivity index (χ0) is 14.0. The van der Waals surface area contributed by atoms with Gasteiger partial charge in [0.1, 0.15) is 11.5 Å². The van der Waals surface area contributed by atoms with Crippen LogP contribution in [0.4, 0.5) is 0 Å². The molecule has 0 aromatic heterocycles. The number of piperidine rings is 1. The lowest BCUT2D eigenvalue weighted by Crippen LogP contribution is -2.52. The molecule has 3 N–H and O–H groups in total. The lowest BCUT2D eigenvalue weighted by Gasteiger charge is -2.41. The summed E-state index contributed by atoms with van der Waals surface area (Å²) in [6, 6.07) is 5.68. The van der Waals surface area contributed by atoms with Crippen molar-refractivity contribution < 1.29 is 10.2 Å². The van der Waals surface area contributed by atoms with E-state index in [-0.39, 0.29) is 17.5 Å². The Morgan fingerprint density at radius 1 is 1.16 bits per heavy atom. The van der Waals surface area contributed by atoms with Gasteiger partial charge in [-0.15, -0.1) is 0 Å². The molecule has 0 saturated carbocycles. The number of hydrogen-bond acceptors (Lipinski definition) is 4. The van der Waals surface area contributed by atoms with Gasteiger partial charge in [-0.25, -0.2) is 10.4 Å². The monoisotopic (exact) mass is 264 g/mol. The standard InChI is InChI=1S/C15H24N2O2/c1-10-6-4-7-11(2)17(10)16-12(3)15-13(18)8-5-9-14(15)19/h5,8-12,16,18-19H,4,6-7H2,1-3H3. The molecule has 0 spiro atoms. The molecule has 1 saturated heterocycles. The molecule has 3 unspecified atom stereocenters. The van der Waals surface area contributed by atoms with Crippen LogP contribution >= 0.6 is 0 Å². The summed E-state index contributed by atoms with van der Waals surface area (Å²) in [6.07, 6.45) is 3.62.